The molecule has 0 heterocycles. The van der Waals surface area contributed by atoms with Crippen molar-refractivity contribution in [2.45, 2.75) is 5.92 Å². The van der Waals surface area contributed by atoms with Gasteiger partial charge < -0.3 is 4.74 Å². The standard InChI is InChI=1S/C21H20BrNO2/c1-3-12-23(13-15(2)22)21(24)25-14-20-18-10-6-4-8-16(18)17-9-5-7-11-19(17)20/h3-11,20H,1-2,12-14H2. The molecule has 0 N–H and O–H groups in total. The molecule has 1 amide bonds. The van der Waals surface area contributed by atoms with Crippen molar-refractivity contribution >= 4 is 22.0 Å². The van der Waals surface area contributed by atoms with E-state index in [-0.39, 0.29) is 12.0 Å². The first kappa shape index (κ1) is 17.5. The molecule has 2 aromatic carbocycles. The van der Waals surface area contributed by atoms with Gasteiger partial charge in [0.1, 0.15) is 6.61 Å². The van der Waals surface area contributed by atoms with Crippen LogP contribution in [0.25, 0.3) is 11.1 Å². The van der Waals surface area contributed by atoms with E-state index in [1.54, 1.807) is 11.0 Å². The van der Waals surface area contributed by atoms with Crippen molar-refractivity contribution in [2.75, 3.05) is 19.7 Å². The maximum absolute atomic E-state index is 12.4. The van der Waals surface area contributed by atoms with E-state index in [2.05, 4.69) is 53.4 Å². The van der Waals surface area contributed by atoms with Crippen LogP contribution in [0.5, 0.6) is 0 Å². The summed E-state index contributed by atoms with van der Waals surface area (Å²) in [7, 11) is 0. The van der Waals surface area contributed by atoms with Gasteiger partial charge in [-0.2, -0.15) is 0 Å². The van der Waals surface area contributed by atoms with Gasteiger partial charge in [-0.25, -0.2) is 4.79 Å². The molecular formula is C21H20BrNO2. The predicted octanol–water partition coefficient (Wildman–Crippen LogP) is 5.33. The van der Waals surface area contributed by atoms with Crippen molar-refractivity contribution in [3.63, 3.8) is 0 Å². The van der Waals surface area contributed by atoms with E-state index in [0.29, 0.717) is 19.7 Å². The van der Waals surface area contributed by atoms with Gasteiger partial charge in [-0.1, -0.05) is 77.1 Å². The van der Waals surface area contributed by atoms with Crippen molar-refractivity contribution in [2.24, 2.45) is 0 Å². The molecule has 1 aliphatic carbocycles. The van der Waals surface area contributed by atoms with Crippen LogP contribution in [0.3, 0.4) is 0 Å². The summed E-state index contributed by atoms with van der Waals surface area (Å²) >= 11 is 3.30. The summed E-state index contributed by atoms with van der Waals surface area (Å²) in [4.78, 5) is 14.0. The second kappa shape index (κ2) is 7.70. The number of nitrogens with zero attached hydrogens (tertiary/aromatic N) is 1. The number of hydrogen-bond donors (Lipinski definition) is 0. The Kier molecular flexibility index (Phi) is 5.39. The Labute approximate surface area is 156 Å². The molecule has 0 saturated heterocycles. The number of rotatable bonds is 6. The molecule has 2 aromatic rings. The molecule has 3 nitrogen and oxygen atoms in total. The first-order chi connectivity index (χ1) is 12.1. The van der Waals surface area contributed by atoms with Crippen LogP contribution in [0.15, 0.2) is 72.2 Å². The summed E-state index contributed by atoms with van der Waals surface area (Å²) in [5, 5.41) is 0. The van der Waals surface area contributed by atoms with Crippen LogP contribution in [0.1, 0.15) is 17.0 Å². The summed E-state index contributed by atoms with van der Waals surface area (Å²) in [5.41, 5.74) is 4.85. The maximum Gasteiger partial charge on any atom is 0.410 e. The fourth-order valence-electron chi connectivity index (χ4n) is 3.25. The van der Waals surface area contributed by atoms with Crippen LogP contribution in [0, 0.1) is 0 Å². The van der Waals surface area contributed by atoms with Crippen molar-refractivity contribution < 1.29 is 9.53 Å². The van der Waals surface area contributed by atoms with Gasteiger partial charge in [0, 0.05) is 16.9 Å². The smallest absolute Gasteiger partial charge is 0.410 e. The lowest BCUT2D eigenvalue weighted by Crippen LogP contribution is -2.33. The number of hydrogen-bond acceptors (Lipinski definition) is 2. The second-order valence-electron chi connectivity index (χ2n) is 5.99. The summed E-state index contributed by atoms with van der Waals surface area (Å²) in [6.45, 7) is 8.61. The third-order valence-corrected chi connectivity index (χ3v) is 4.56. The lowest BCUT2D eigenvalue weighted by molar-refractivity contribution is 0.107. The van der Waals surface area contributed by atoms with E-state index in [9.17, 15) is 4.79 Å². The zero-order valence-corrected chi connectivity index (χ0v) is 15.5. The molecule has 0 aliphatic heterocycles. The average Bonchev–Trinajstić information content (AvgIpc) is 2.93. The third kappa shape index (κ3) is 3.69. The van der Waals surface area contributed by atoms with Crippen LogP contribution in [0.2, 0.25) is 0 Å². The predicted molar refractivity (Wildman–Crippen MR) is 105 cm³/mol. The summed E-state index contributed by atoms with van der Waals surface area (Å²) in [6.07, 6.45) is 1.32. The third-order valence-electron chi connectivity index (χ3n) is 4.31. The molecule has 0 saturated carbocycles. The molecule has 25 heavy (non-hydrogen) atoms. The molecule has 128 valence electrons. The van der Waals surface area contributed by atoms with E-state index in [0.717, 1.165) is 4.48 Å². The van der Waals surface area contributed by atoms with Gasteiger partial charge in [0.15, 0.2) is 0 Å². The first-order valence-electron chi connectivity index (χ1n) is 8.16. The van der Waals surface area contributed by atoms with Crippen molar-refractivity contribution in [1.82, 2.24) is 4.90 Å². The Morgan fingerprint density at radius 3 is 2.20 bits per heavy atom. The molecule has 0 atom stereocenters. The first-order valence-corrected chi connectivity index (χ1v) is 8.95. The van der Waals surface area contributed by atoms with Gasteiger partial charge in [0.05, 0.1) is 6.54 Å². The zero-order chi connectivity index (χ0) is 17.8. The van der Waals surface area contributed by atoms with E-state index < -0.39 is 0 Å². The maximum atomic E-state index is 12.4. The van der Waals surface area contributed by atoms with Crippen LogP contribution >= 0.6 is 15.9 Å². The highest BCUT2D eigenvalue weighted by Gasteiger charge is 2.29. The van der Waals surface area contributed by atoms with E-state index in [1.165, 1.54) is 22.3 Å². The minimum atomic E-state index is -0.359. The highest BCUT2D eigenvalue weighted by atomic mass is 79.9. The molecule has 0 unspecified atom stereocenters. The number of carbonyl (C=O) groups is 1. The van der Waals surface area contributed by atoms with Crippen LogP contribution in [-0.4, -0.2) is 30.7 Å². The fourth-order valence-corrected chi connectivity index (χ4v) is 3.55. The minimum absolute atomic E-state index is 0.0640. The Hall–Kier alpha value is -2.33. The highest BCUT2D eigenvalue weighted by Crippen LogP contribution is 2.44. The Bertz CT molecular complexity index is 770. The van der Waals surface area contributed by atoms with Crippen molar-refractivity contribution in [3.05, 3.63) is 83.4 Å². The molecular weight excluding hydrogens is 378 g/mol. The zero-order valence-electron chi connectivity index (χ0n) is 14.0. The van der Waals surface area contributed by atoms with E-state index in [4.69, 9.17) is 4.74 Å². The molecule has 0 radical (unpaired) electrons. The van der Waals surface area contributed by atoms with E-state index >= 15 is 0 Å². The van der Waals surface area contributed by atoms with Crippen LogP contribution < -0.4 is 0 Å². The fraction of sp³-hybridized carbons (Fsp3) is 0.190. The van der Waals surface area contributed by atoms with Gasteiger partial charge in [-0.05, 0) is 22.3 Å². The van der Waals surface area contributed by atoms with Gasteiger partial charge >= 0.3 is 6.09 Å². The monoisotopic (exact) mass is 397 g/mol. The average molecular weight is 398 g/mol. The second-order valence-corrected chi connectivity index (χ2v) is 7.11. The normalized spacial score (nSPS) is 12.2. The number of amides is 1. The molecule has 1 aliphatic rings. The molecule has 0 fully saturated rings. The number of halogens is 1. The quantitative estimate of drug-likeness (QED) is 0.616. The Balaban J connectivity index is 1.78. The van der Waals surface area contributed by atoms with Gasteiger partial charge in [0.25, 0.3) is 0 Å². The molecule has 0 bridgehead atoms. The molecule has 0 spiro atoms. The number of benzene rings is 2. The Morgan fingerprint density at radius 2 is 1.68 bits per heavy atom. The summed E-state index contributed by atoms with van der Waals surface area (Å²) < 4.78 is 6.36. The summed E-state index contributed by atoms with van der Waals surface area (Å²) in [5.74, 6) is 0.0640. The molecule has 0 aromatic heterocycles. The number of carbonyl (C=O) groups excluding carboxylic acids is 1. The number of ether oxygens (including phenoxy) is 1. The SMILES string of the molecule is C=CCN(CC(=C)Br)C(=O)OCC1c2ccccc2-c2ccccc21. The van der Waals surface area contributed by atoms with Gasteiger partial charge in [-0.15, -0.1) is 6.58 Å². The largest absolute Gasteiger partial charge is 0.448 e. The van der Waals surface area contributed by atoms with Crippen molar-refractivity contribution in [3.8, 4) is 11.1 Å². The topological polar surface area (TPSA) is 29.5 Å². The minimum Gasteiger partial charge on any atom is -0.448 e. The van der Waals surface area contributed by atoms with E-state index in [1.807, 2.05) is 24.3 Å². The lowest BCUT2D eigenvalue weighted by Gasteiger charge is -2.22. The van der Waals surface area contributed by atoms with Gasteiger partial charge in [0.2, 0.25) is 0 Å². The van der Waals surface area contributed by atoms with Gasteiger partial charge in [-0.3, -0.25) is 4.90 Å². The summed E-state index contributed by atoms with van der Waals surface area (Å²) in [6, 6.07) is 16.6. The van der Waals surface area contributed by atoms with Crippen LogP contribution in [-0.2, 0) is 4.74 Å². The Morgan fingerprint density at radius 1 is 1.12 bits per heavy atom. The molecule has 4 heteroatoms. The highest BCUT2D eigenvalue weighted by molar-refractivity contribution is 9.11. The number of fused-ring (bicyclic) bond motifs is 3. The van der Waals surface area contributed by atoms with Crippen LogP contribution in [0.4, 0.5) is 4.79 Å². The molecule has 3 rings (SSSR count). The van der Waals surface area contributed by atoms with Crippen molar-refractivity contribution in [1.29, 1.82) is 0 Å². The lowest BCUT2D eigenvalue weighted by atomic mass is 9.98.